The minimum atomic E-state index is -0.362. The normalized spacial score (nSPS) is 10.5. The second-order valence-electron chi connectivity index (χ2n) is 5.12. The zero-order valence-corrected chi connectivity index (χ0v) is 13.2. The van der Waals surface area contributed by atoms with Gasteiger partial charge in [-0.25, -0.2) is 4.39 Å². The second kappa shape index (κ2) is 6.54. The molecule has 6 heteroatoms. The van der Waals surface area contributed by atoms with Crippen LogP contribution in [-0.4, -0.2) is 18.0 Å². The molecule has 0 bridgehead atoms. The zero-order valence-electron chi connectivity index (χ0n) is 13.2. The number of anilines is 1. The number of aromatic nitrogens is 1. The molecule has 0 unspecified atom stereocenters. The number of pyridine rings is 1. The number of fused-ring (bicyclic) bond motifs is 1. The van der Waals surface area contributed by atoms with E-state index in [1.54, 1.807) is 36.5 Å². The molecule has 0 radical (unpaired) electrons. The van der Waals surface area contributed by atoms with Crippen molar-refractivity contribution in [2.45, 2.75) is 6.92 Å². The minimum absolute atomic E-state index is 0.197. The monoisotopic (exact) mass is 326 g/mol. The van der Waals surface area contributed by atoms with Gasteiger partial charge >= 0.3 is 0 Å². The molecule has 1 heterocycles. The van der Waals surface area contributed by atoms with Crippen molar-refractivity contribution in [3.63, 3.8) is 0 Å². The van der Waals surface area contributed by atoms with Crippen LogP contribution in [0, 0.1) is 5.82 Å². The summed E-state index contributed by atoms with van der Waals surface area (Å²) in [5, 5.41) is 3.25. The average Bonchev–Trinajstić information content (AvgIpc) is 2.56. The lowest BCUT2D eigenvalue weighted by molar-refractivity contribution is -0.114. The minimum Gasteiger partial charge on any atom is -0.494 e. The third kappa shape index (κ3) is 3.27. The average molecular weight is 326 g/mol. The molecule has 0 fully saturated rings. The summed E-state index contributed by atoms with van der Waals surface area (Å²) in [4.78, 5) is 15.4. The van der Waals surface area contributed by atoms with Gasteiger partial charge in [0, 0.05) is 24.6 Å². The Bertz CT molecular complexity index is 912. The fraction of sp³-hybridized carbons (Fsp3) is 0.111. The van der Waals surface area contributed by atoms with Gasteiger partial charge in [0.05, 0.1) is 18.3 Å². The number of ether oxygens (including phenoxy) is 2. The van der Waals surface area contributed by atoms with Crippen LogP contribution < -0.4 is 14.8 Å². The molecule has 0 spiro atoms. The molecule has 0 aliphatic rings. The lowest BCUT2D eigenvalue weighted by Gasteiger charge is -2.13. The maximum Gasteiger partial charge on any atom is 0.221 e. The maximum absolute atomic E-state index is 13.5. The number of hydrogen-bond acceptors (Lipinski definition) is 4. The summed E-state index contributed by atoms with van der Waals surface area (Å²) in [5.74, 6) is 0.885. The number of nitrogens with zero attached hydrogens (tertiary/aromatic N) is 1. The van der Waals surface area contributed by atoms with Crippen molar-refractivity contribution >= 4 is 22.5 Å². The topological polar surface area (TPSA) is 60.5 Å². The van der Waals surface area contributed by atoms with Crippen molar-refractivity contribution in [1.29, 1.82) is 0 Å². The standard InChI is InChI=1S/C18H15FN2O3/c1-11(22)21-16-6-4-13(10-18(16)23-2)24-17-7-8-20-15-5-3-12(19)9-14(15)17/h3-10H,1-2H3,(H,21,22). The molecule has 0 saturated carbocycles. The van der Waals surface area contributed by atoms with Crippen LogP contribution in [0.2, 0.25) is 0 Å². The van der Waals surface area contributed by atoms with E-state index in [1.807, 2.05) is 0 Å². The van der Waals surface area contributed by atoms with Gasteiger partial charge in [-0.15, -0.1) is 0 Å². The van der Waals surface area contributed by atoms with E-state index in [0.717, 1.165) is 0 Å². The van der Waals surface area contributed by atoms with Crippen LogP contribution in [0.15, 0.2) is 48.7 Å². The van der Waals surface area contributed by atoms with Crippen LogP contribution in [0.1, 0.15) is 6.92 Å². The number of carbonyl (C=O) groups excluding carboxylic acids is 1. The molecule has 122 valence electrons. The Morgan fingerprint density at radius 1 is 1.12 bits per heavy atom. The Kier molecular flexibility index (Phi) is 4.29. The van der Waals surface area contributed by atoms with Gasteiger partial charge in [0.2, 0.25) is 5.91 Å². The van der Waals surface area contributed by atoms with Gasteiger partial charge in [-0.05, 0) is 36.4 Å². The number of methoxy groups -OCH3 is 1. The summed E-state index contributed by atoms with van der Waals surface area (Å²) in [5.41, 5.74) is 1.18. The molecular formula is C18H15FN2O3. The van der Waals surface area contributed by atoms with E-state index in [9.17, 15) is 9.18 Å². The highest BCUT2D eigenvalue weighted by Crippen LogP contribution is 2.34. The fourth-order valence-corrected chi connectivity index (χ4v) is 2.34. The molecule has 3 rings (SSSR count). The summed E-state index contributed by atoms with van der Waals surface area (Å²) in [6, 6.07) is 11.0. The first kappa shape index (κ1) is 15.7. The van der Waals surface area contributed by atoms with Gasteiger partial charge in [0.15, 0.2) is 0 Å². The van der Waals surface area contributed by atoms with Crippen molar-refractivity contribution in [3.8, 4) is 17.2 Å². The smallest absolute Gasteiger partial charge is 0.221 e. The number of hydrogen-bond donors (Lipinski definition) is 1. The van der Waals surface area contributed by atoms with E-state index in [4.69, 9.17) is 9.47 Å². The Morgan fingerprint density at radius 2 is 1.96 bits per heavy atom. The molecule has 3 aromatic rings. The molecular weight excluding hydrogens is 311 g/mol. The number of halogens is 1. The van der Waals surface area contributed by atoms with Gasteiger partial charge in [-0.3, -0.25) is 9.78 Å². The van der Waals surface area contributed by atoms with E-state index in [1.165, 1.54) is 26.2 Å². The molecule has 1 amide bonds. The fourth-order valence-electron chi connectivity index (χ4n) is 2.34. The van der Waals surface area contributed by atoms with Crippen molar-refractivity contribution in [2.24, 2.45) is 0 Å². The van der Waals surface area contributed by atoms with Gasteiger partial charge in [-0.2, -0.15) is 0 Å². The number of carbonyl (C=O) groups is 1. The quantitative estimate of drug-likeness (QED) is 0.783. The maximum atomic E-state index is 13.5. The predicted molar refractivity (Wildman–Crippen MR) is 89.1 cm³/mol. The van der Waals surface area contributed by atoms with E-state index in [2.05, 4.69) is 10.3 Å². The van der Waals surface area contributed by atoms with Crippen LogP contribution in [0.25, 0.3) is 10.9 Å². The highest BCUT2D eigenvalue weighted by molar-refractivity contribution is 5.90. The summed E-state index contributed by atoms with van der Waals surface area (Å²) >= 11 is 0. The number of benzene rings is 2. The van der Waals surface area contributed by atoms with Gasteiger partial charge < -0.3 is 14.8 Å². The third-order valence-electron chi connectivity index (χ3n) is 3.38. The lowest BCUT2D eigenvalue weighted by atomic mass is 10.2. The lowest BCUT2D eigenvalue weighted by Crippen LogP contribution is -2.07. The van der Waals surface area contributed by atoms with Gasteiger partial charge in [0.25, 0.3) is 0 Å². The van der Waals surface area contributed by atoms with Gasteiger partial charge in [0.1, 0.15) is 23.1 Å². The van der Waals surface area contributed by atoms with Gasteiger partial charge in [-0.1, -0.05) is 0 Å². The first-order valence-corrected chi connectivity index (χ1v) is 7.24. The Labute approximate surface area is 138 Å². The number of amides is 1. The molecule has 1 aromatic heterocycles. The van der Waals surface area contributed by atoms with Crippen LogP contribution in [0.3, 0.4) is 0 Å². The SMILES string of the molecule is COc1cc(Oc2ccnc3ccc(F)cc23)ccc1NC(C)=O. The molecule has 0 aliphatic carbocycles. The first-order chi connectivity index (χ1) is 11.6. The largest absolute Gasteiger partial charge is 0.494 e. The van der Waals surface area contributed by atoms with Crippen molar-refractivity contribution in [2.75, 3.05) is 12.4 Å². The highest BCUT2D eigenvalue weighted by atomic mass is 19.1. The molecule has 0 saturated heterocycles. The number of nitrogens with one attached hydrogen (secondary N) is 1. The second-order valence-corrected chi connectivity index (χ2v) is 5.12. The highest BCUT2D eigenvalue weighted by Gasteiger charge is 2.10. The van der Waals surface area contributed by atoms with Crippen LogP contribution >= 0.6 is 0 Å². The Hall–Kier alpha value is -3.15. The van der Waals surface area contributed by atoms with E-state index in [-0.39, 0.29) is 11.7 Å². The predicted octanol–water partition coefficient (Wildman–Crippen LogP) is 4.13. The summed E-state index contributed by atoms with van der Waals surface area (Å²) in [6.45, 7) is 1.42. The molecule has 5 nitrogen and oxygen atoms in total. The first-order valence-electron chi connectivity index (χ1n) is 7.24. The molecule has 24 heavy (non-hydrogen) atoms. The van der Waals surface area contributed by atoms with Crippen molar-refractivity contribution < 1.29 is 18.7 Å². The van der Waals surface area contributed by atoms with E-state index in [0.29, 0.717) is 33.8 Å². The summed E-state index contributed by atoms with van der Waals surface area (Å²) < 4.78 is 24.6. The van der Waals surface area contributed by atoms with Crippen molar-refractivity contribution in [3.05, 3.63) is 54.5 Å². The van der Waals surface area contributed by atoms with E-state index >= 15 is 0 Å². The zero-order chi connectivity index (χ0) is 17.1. The van der Waals surface area contributed by atoms with Crippen LogP contribution in [0.4, 0.5) is 10.1 Å². The van der Waals surface area contributed by atoms with Crippen molar-refractivity contribution in [1.82, 2.24) is 4.98 Å². The summed E-state index contributed by atoms with van der Waals surface area (Å²) in [7, 11) is 1.50. The molecule has 1 N–H and O–H groups in total. The molecule has 2 aromatic carbocycles. The Balaban J connectivity index is 1.97. The molecule has 0 aliphatic heterocycles. The number of rotatable bonds is 4. The van der Waals surface area contributed by atoms with Crippen LogP contribution in [0.5, 0.6) is 17.2 Å². The van der Waals surface area contributed by atoms with Crippen LogP contribution in [-0.2, 0) is 4.79 Å². The Morgan fingerprint density at radius 3 is 2.71 bits per heavy atom. The third-order valence-corrected chi connectivity index (χ3v) is 3.38. The van der Waals surface area contributed by atoms with E-state index < -0.39 is 0 Å². The molecule has 0 atom stereocenters. The summed E-state index contributed by atoms with van der Waals surface area (Å²) in [6.07, 6.45) is 1.60.